The van der Waals surface area contributed by atoms with Crippen LogP contribution in [0.2, 0.25) is 0 Å². The Morgan fingerprint density at radius 3 is 2.90 bits per heavy atom. The topological polar surface area (TPSA) is 109 Å². The van der Waals surface area contributed by atoms with Gasteiger partial charge in [-0.3, -0.25) is 9.59 Å². The average Bonchev–Trinajstić information content (AvgIpc) is 2.84. The second-order valence-electron chi connectivity index (χ2n) is 4.16. The third-order valence-corrected chi connectivity index (χ3v) is 3.74. The molecule has 2 N–H and O–H groups in total. The molecule has 0 aliphatic heterocycles. The molecular weight excluding hydrogens is 296 g/mol. The summed E-state index contributed by atoms with van der Waals surface area (Å²) in [4.78, 5) is 35.0. The number of rotatable bonds is 5. The zero-order valence-electron chi connectivity index (χ0n) is 11.3. The number of carbonyl (C=O) groups excluding carboxylic acids is 2. The largest absolute Gasteiger partial charge is 0.468 e. The highest BCUT2D eigenvalue weighted by Gasteiger charge is 2.17. The zero-order valence-corrected chi connectivity index (χ0v) is 12.1. The molecule has 0 saturated carbocycles. The van der Waals surface area contributed by atoms with Gasteiger partial charge in [0, 0.05) is 11.9 Å². The minimum absolute atomic E-state index is 0.00547. The van der Waals surface area contributed by atoms with Gasteiger partial charge in [-0.1, -0.05) is 6.07 Å². The molecule has 0 radical (unpaired) electrons. The quantitative estimate of drug-likeness (QED) is 0.732. The van der Waals surface area contributed by atoms with Gasteiger partial charge in [0.15, 0.2) is 5.65 Å². The molecule has 8 nitrogen and oxygen atoms in total. The van der Waals surface area contributed by atoms with Crippen LogP contribution in [0.15, 0.2) is 29.2 Å². The smallest absolute Gasteiger partial charge is 0.357 e. The molecule has 2 heterocycles. The summed E-state index contributed by atoms with van der Waals surface area (Å²) in [6, 6.07) is 4.23. The lowest BCUT2D eigenvalue weighted by molar-refractivity contribution is -0.141. The van der Waals surface area contributed by atoms with Crippen LogP contribution in [-0.4, -0.2) is 50.7 Å². The molecule has 0 fully saturated rings. The van der Waals surface area contributed by atoms with E-state index in [9.17, 15) is 14.4 Å². The molecule has 0 amide bonds. The minimum atomic E-state index is -0.800. The molecule has 0 aliphatic carbocycles. The number of hydrogen-bond donors (Lipinski definition) is 1. The van der Waals surface area contributed by atoms with E-state index >= 15 is 0 Å². The fraction of sp³-hybridized carbons (Fsp3) is 0.333. The third kappa shape index (κ3) is 3.31. The van der Waals surface area contributed by atoms with Gasteiger partial charge in [-0.2, -0.15) is 0 Å². The highest BCUT2D eigenvalue weighted by atomic mass is 32.2. The summed E-state index contributed by atoms with van der Waals surface area (Å²) in [5, 5.41) is 3.94. The molecule has 0 saturated heterocycles. The van der Waals surface area contributed by atoms with E-state index in [2.05, 4.69) is 9.84 Å². The van der Waals surface area contributed by atoms with Crippen LogP contribution >= 0.6 is 11.8 Å². The van der Waals surface area contributed by atoms with Gasteiger partial charge in [0.2, 0.25) is 0 Å². The summed E-state index contributed by atoms with van der Waals surface area (Å²) >= 11 is 1.14. The number of hydrogen-bond acceptors (Lipinski definition) is 7. The van der Waals surface area contributed by atoms with Crippen molar-refractivity contribution in [2.45, 2.75) is 6.04 Å². The first-order valence-corrected chi connectivity index (χ1v) is 7.21. The number of aromatic nitrogens is 3. The lowest BCUT2D eigenvalue weighted by Crippen LogP contribution is -2.35. The van der Waals surface area contributed by atoms with E-state index in [1.807, 2.05) is 0 Å². The summed E-state index contributed by atoms with van der Waals surface area (Å²) in [5.74, 6) is -0.791. The molecule has 0 spiro atoms. The van der Waals surface area contributed by atoms with Gasteiger partial charge in [0.1, 0.15) is 6.04 Å². The predicted octanol–water partition coefficient (Wildman–Crippen LogP) is -0.630. The Kier molecular flexibility index (Phi) is 4.76. The predicted molar refractivity (Wildman–Crippen MR) is 77.4 cm³/mol. The molecule has 9 heteroatoms. The van der Waals surface area contributed by atoms with Crippen LogP contribution in [0.5, 0.6) is 0 Å². The van der Waals surface area contributed by atoms with Crippen molar-refractivity contribution in [1.82, 2.24) is 14.2 Å². The van der Waals surface area contributed by atoms with Crippen molar-refractivity contribution in [2.75, 3.05) is 18.6 Å². The van der Waals surface area contributed by atoms with Crippen molar-refractivity contribution in [3.8, 4) is 0 Å². The fourth-order valence-corrected chi connectivity index (χ4v) is 2.45. The molecule has 2 rings (SSSR count). The number of nitrogens with zero attached hydrogens (tertiary/aromatic N) is 3. The Labute approximate surface area is 123 Å². The highest BCUT2D eigenvalue weighted by Crippen LogP contribution is 2.04. The summed E-state index contributed by atoms with van der Waals surface area (Å²) in [5.41, 5.74) is 5.42. The van der Waals surface area contributed by atoms with E-state index in [1.165, 1.54) is 17.7 Å². The maximum atomic E-state index is 12.0. The second-order valence-corrected chi connectivity index (χ2v) is 5.19. The molecule has 2 aromatic rings. The average molecular weight is 310 g/mol. The number of pyridine rings is 1. The molecular formula is C12H14N4O4S. The Morgan fingerprint density at radius 2 is 2.24 bits per heavy atom. The van der Waals surface area contributed by atoms with Crippen molar-refractivity contribution < 1.29 is 14.3 Å². The Bertz CT molecular complexity index is 723. The Hall–Kier alpha value is -2.13. The standard InChI is InChI=1S/C12H14N4O4S/c1-20-11(18)8(13)6-21-7-10(17)16-12(19)15-5-3-2-4-9(15)14-16/h2-5,8H,6-7,13H2,1H3. The lowest BCUT2D eigenvalue weighted by Gasteiger charge is -2.07. The fourth-order valence-electron chi connectivity index (χ4n) is 1.64. The Balaban J connectivity index is 2.01. The highest BCUT2D eigenvalue weighted by molar-refractivity contribution is 8.00. The molecule has 112 valence electrons. The SMILES string of the molecule is COC(=O)C(N)CSCC(=O)n1nc2ccccn2c1=O. The van der Waals surface area contributed by atoms with Crippen LogP contribution in [-0.2, 0) is 9.53 Å². The van der Waals surface area contributed by atoms with Crippen LogP contribution in [0.25, 0.3) is 5.65 Å². The maximum absolute atomic E-state index is 12.0. The zero-order chi connectivity index (χ0) is 15.4. The van der Waals surface area contributed by atoms with Gasteiger partial charge in [0.05, 0.1) is 12.9 Å². The van der Waals surface area contributed by atoms with Gasteiger partial charge in [0.25, 0.3) is 5.91 Å². The van der Waals surface area contributed by atoms with Gasteiger partial charge >= 0.3 is 11.7 Å². The molecule has 1 unspecified atom stereocenters. The molecule has 0 aliphatic rings. The summed E-state index contributed by atoms with van der Waals surface area (Å²) in [6.45, 7) is 0. The van der Waals surface area contributed by atoms with E-state index in [4.69, 9.17) is 5.73 Å². The van der Waals surface area contributed by atoms with E-state index in [1.54, 1.807) is 18.2 Å². The van der Waals surface area contributed by atoms with Crippen LogP contribution in [0.1, 0.15) is 4.79 Å². The summed E-state index contributed by atoms with van der Waals surface area (Å²) in [6.07, 6.45) is 1.54. The Morgan fingerprint density at radius 1 is 1.48 bits per heavy atom. The maximum Gasteiger partial charge on any atom is 0.357 e. The van der Waals surface area contributed by atoms with Crippen LogP contribution in [0, 0.1) is 0 Å². The number of methoxy groups -OCH3 is 1. The second kappa shape index (κ2) is 6.55. The number of carbonyl (C=O) groups is 2. The minimum Gasteiger partial charge on any atom is -0.468 e. The van der Waals surface area contributed by atoms with E-state index in [0.29, 0.717) is 5.65 Å². The van der Waals surface area contributed by atoms with Gasteiger partial charge < -0.3 is 10.5 Å². The molecule has 2 aromatic heterocycles. The van der Waals surface area contributed by atoms with Gasteiger partial charge in [-0.05, 0) is 12.1 Å². The number of fused-ring (bicyclic) bond motifs is 1. The van der Waals surface area contributed by atoms with E-state index < -0.39 is 23.6 Å². The van der Waals surface area contributed by atoms with Crippen molar-refractivity contribution in [2.24, 2.45) is 5.73 Å². The number of esters is 1. The molecule has 0 aromatic carbocycles. The van der Waals surface area contributed by atoms with E-state index in [-0.39, 0.29) is 11.5 Å². The van der Waals surface area contributed by atoms with Crippen molar-refractivity contribution >= 4 is 29.3 Å². The van der Waals surface area contributed by atoms with Crippen molar-refractivity contribution in [3.63, 3.8) is 0 Å². The third-order valence-electron chi connectivity index (χ3n) is 2.69. The van der Waals surface area contributed by atoms with Crippen molar-refractivity contribution in [1.29, 1.82) is 0 Å². The number of thioether (sulfide) groups is 1. The first-order valence-electron chi connectivity index (χ1n) is 6.05. The molecule has 21 heavy (non-hydrogen) atoms. The molecule has 0 bridgehead atoms. The lowest BCUT2D eigenvalue weighted by atomic mass is 10.4. The van der Waals surface area contributed by atoms with Gasteiger partial charge in [-0.25, -0.2) is 9.20 Å². The van der Waals surface area contributed by atoms with Crippen LogP contribution < -0.4 is 11.4 Å². The normalized spacial score (nSPS) is 12.3. The van der Waals surface area contributed by atoms with Crippen molar-refractivity contribution in [3.05, 3.63) is 34.9 Å². The van der Waals surface area contributed by atoms with Crippen LogP contribution in [0.3, 0.4) is 0 Å². The summed E-state index contributed by atoms with van der Waals surface area (Å²) in [7, 11) is 1.24. The summed E-state index contributed by atoms with van der Waals surface area (Å²) < 4.78 is 6.57. The number of nitrogens with two attached hydrogens (primary N) is 1. The van der Waals surface area contributed by atoms with E-state index in [0.717, 1.165) is 16.4 Å². The van der Waals surface area contributed by atoms with Gasteiger partial charge in [-0.15, -0.1) is 21.5 Å². The monoisotopic (exact) mass is 310 g/mol. The first kappa shape index (κ1) is 15.3. The molecule has 1 atom stereocenters. The first-order chi connectivity index (χ1) is 10.0. The van der Waals surface area contributed by atoms with Crippen LogP contribution in [0.4, 0.5) is 0 Å². The number of ether oxygens (including phenoxy) is 1.